The van der Waals surface area contributed by atoms with Crippen LogP contribution < -0.4 is 5.32 Å². The van der Waals surface area contributed by atoms with E-state index < -0.39 is 0 Å². The van der Waals surface area contributed by atoms with E-state index in [1.807, 2.05) is 49.4 Å². The lowest BCUT2D eigenvalue weighted by atomic mass is 10.1. The molecule has 0 saturated carbocycles. The molecule has 0 spiro atoms. The fraction of sp³-hybridized carbons (Fsp3) is 0.0625. The van der Waals surface area contributed by atoms with E-state index in [1.54, 1.807) is 12.1 Å². The van der Waals surface area contributed by atoms with Crippen molar-refractivity contribution in [3.05, 3.63) is 60.3 Å². The number of nitrogens with one attached hydrogen (secondary N) is 1. The van der Waals surface area contributed by atoms with Crippen LogP contribution in [0.5, 0.6) is 5.75 Å². The lowest BCUT2D eigenvalue weighted by molar-refractivity contribution is 0.478. The zero-order chi connectivity index (χ0) is 13.2. The van der Waals surface area contributed by atoms with E-state index >= 15 is 0 Å². The number of fused-ring (bicyclic) bond motifs is 1. The van der Waals surface area contributed by atoms with E-state index in [2.05, 4.69) is 10.3 Å². The smallest absolute Gasteiger partial charge is 0.139 e. The van der Waals surface area contributed by atoms with E-state index in [0.29, 0.717) is 5.69 Å². The van der Waals surface area contributed by atoms with Gasteiger partial charge in [0.2, 0.25) is 0 Å². The van der Waals surface area contributed by atoms with Crippen LogP contribution in [0.3, 0.4) is 0 Å². The second-order valence-electron chi connectivity index (χ2n) is 4.47. The number of phenolic OH excluding ortho intramolecular Hbond substituents is 1. The molecule has 5 heteroatoms. The van der Waals surface area contributed by atoms with Gasteiger partial charge in [0.1, 0.15) is 5.75 Å². The molecule has 1 aromatic heterocycles. The molecule has 0 aliphatic carbocycles. The van der Waals surface area contributed by atoms with Crippen LogP contribution in [0.4, 0.5) is 11.4 Å². The molecule has 0 amide bonds. The van der Waals surface area contributed by atoms with Gasteiger partial charge in [-0.05, 0) is 31.2 Å². The van der Waals surface area contributed by atoms with E-state index in [-0.39, 0.29) is 30.6 Å². The fourth-order valence-electron chi connectivity index (χ4n) is 2.14. The summed E-state index contributed by atoms with van der Waals surface area (Å²) in [6.07, 6.45) is 0. The number of aromatic nitrogens is 1. The predicted octanol–water partition coefficient (Wildman–Crippen LogP) is 4.84. The molecule has 0 saturated heterocycles. The molecule has 0 radical (unpaired) electrons. The Labute approximate surface area is 135 Å². The number of rotatable bonds is 2. The maximum Gasteiger partial charge on any atom is 0.139 e. The van der Waals surface area contributed by atoms with E-state index in [4.69, 9.17) is 0 Å². The Balaban J connectivity index is 0.00000110. The molecule has 0 atom stereocenters. The number of para-hydroxylation sites is 3. The Morgan fingerprint density at radius 3 is 2.33 bits per heavy atom. The molecule has 110 valence electrons. The molecular weight excluding hydrogens is 307 g/mol. The third-order valence-electron chi connectivity index (χ3n) is 3.02. The molecule has 3 rings (SSSR count). The van der Waals surface area contributed by atoms with Crippen molar-refractivity contribution in [1.29, 1.82) is 0 Å². The first-order valence-corrected chi connectivity index (χ1v) is 6.15. The maximum absolute atomic E-state index is 9.84. The highest BCUT2D eigenvalue weighted by molar-refractivity contribution is 5.93. The molecular formula is C16H16Cl2N2O. The van der Waals surface area contributed by atoms with Gasteiger partial charge >= 0.3 is 0 Å². The standard InChI is InChI=1S/C16H14N2O.2ClH/c1-11-10-15(12-6-2-3-7-13(12)17-11)18-14-8-4-5-9-16(14)19;;/h2-10,19H,1H3,(H,17,18);2*1H. The first-order valence-electron chi connectivity index (χ1n) is 6.15. The lowest BCUT2D eigenvalue weighted by Gasteiger charge is -2.11. The number of benzene rings is 2. The minimum atomic E-state index is 0. The van der Waals surface area contributed by atoms with Crippen LogP contribution in [0.2, 0.25) is 0 Å². The molecule has 2 aromatic carbocycles. The molecule has 2 N–H and O–H groups in total. The van der Waals surface area contributed by atoms with Crippen molar-refractivity contribution in [3.63, 3.8) is 0 Å². The number of aryl methyl sites for hydroxylation is 1. The van der Waals surface area contributed by atoms with Crippen molar-refractivity contribution in [2.24, 2.45) is 0 Å². The minimum Gasteiger partial charge on any atom is -0.506 e. The zero-order valence-corrected chi connectivity index (χ0v) is 13.0. The molecule has 3 aromatic rings. The summed E-state index contributed by atoms with van der Waals surface area (Å²) < 4.78 is 0. The van der Waals surface area contributed by atoms with Crippen molar-refractivity contribution in [2.45, 2.75) is 6.92 Å². The second kappa shape index (κ2) is 7.16. The van der Waals surface area contributed by atoms with Gasteiger partial charge in [0.25, 0.3) is 0 Å². The normalized spacial score (nSPS) is 9.57. The third kappa shape index (κ3) is 3.57. The van der Waals surface area contributed by atoms with Crippen LogP contribution in [-0.2, 0) is 0 Å². The first kappa shape index (κ1) is 17.1. The number of aromatic hydroxyl groups is 1. The Kier molecular flexibility index (Phi) is 5.82. The Hall–Kier alpha value is -1.97. The minimum absolute atomic E-state index is 0. The third-order valence-corrected chi connectivity index (χ3v) is 3.02. The number of anilines is 2. The van der Waals surface area contributed by atoms with Gasteiger partial charge < -0.3 is 10.4 Å². The molecule has 0 bridgehead atoms. The highest BCUT2D eigenvalue weighted by Gasteiger charge is 2.05. The SMILES string of the molecule is Cc1cc(Nc2ccccc2O)c2ccccc2n1.Cl.Cl. The summed E-state index contributed by atoms with van der Waals surface area (Å²) in [7, 11) is 0. The molecule has 3 nitrogen and oxygen atoms in total. The summed E-state index contributed by atoms with van der Waals surface area (Å²) >= 11 is 0. The molecule has 1 heterocycles. The van der Waals surface area contributed by atoms with Gasteiger partial charge in [0.05, 0.1) is 11.2 Å². The molecule has 0 fully saturated rings. The number of hydrogen-bond donors (Lipinski definition) is 2. The van der Waals surface area contributed by atoms with E-state index in [9.17, 15) is 5.11 Å². The zero-order valence-electron chi connectivity index (χ0n) is 11.4. The fourth-order valence-corrected chi connectivity index (χ4v) is 2.14. The van der Waals surface area contributed by atoms with Gasteiger partial charge in [-0.2, -0.15) is 0 Å². The van der Waals surface area contributed by atoms with Crippen molar-refractivity contribution in [2.75, 3.05) is 5.32 Å². The monoisotopic (exact) mass is 322 g/mol. The summed E-state index contributed by atoms with van der Waals surface area (Å²) in [6.45, 7) is 1.96. The number of nitrogens with zero attached hydrogens (tertiary/aromatic N) is 1. The Bertz CT molecular complexity index is 747. The second-order valence-corrected chi connectivity index (χ2v) is 4.47. The molecule has 0 aliphatic rings. The van der Waals surface area contributed by atoms with Gasteiger partial charge in [-0.15, -0.1) is 24.8 Å². The van der Waals surface area contributed by atoms with Gasteiger partial charge in [-0.25, -0.2) is 0 Å². The first-order chi connectivity index (χ1) is 9.24. The maximum atomic E-state index is 9.84. The van der Waals surface area contributed by atoms with Gasteiger partial charge in [-0.3, -0.25) is 4.98 Å². The van der Waals surface area contributed by atoms with Gasteiger partial charge in [0, 0.05) is 16.8 Å². The number of hydrogen-bond acceptors (Lipinski definition) is 3. The summed E-state index contributed by atoms with van der Waals surface area (Å²) in [5.74, 6) is 0.237. The van der Waals surface area contributed by atoms with E-state index in [0.717, 1.165) is 22.3 Å². The quantitative estimate of drug-likeness (QED) is 0.664. The summed E-state index contributed by atoms with van der Waals surface area (Å²) in [4.78, 5) is 4.50. The van der Waals surface area contributed by atoms with Gasteiger partial charge in [-0.1, -0.05) is 30.3 Å². The van der Waals surface area contributed by atoms with Crippen LogP contribution in [-0.4, -0.2) is 10.1 Å². The van der Waals surface area contributed by atoms with Crippen LogP contribution in [0.1, 0.15) is 5.69 Å². The number of phenols is 1. The Morgan fingerprint density at radius 2 is 1.57 bits per heavy atom. The largest absolute Gasteiger partial charge is 0.506 e. The van der Waals surface area contributed by atoms with E-state index in [1.165, 1.54) is 0 Å². The van der Waals surface area contributed by atoms with Crippen molar-refractivity contribution < 1.29 is 5.11 Å². The van der Waals surface area contributed by atoms with Crippen LogP contribution in [0.15, 0.2) is 54.6 Å². The highest BCUT2D eigenvalue weighted by atomic mass is 35.5. The summed E-state index contributed by atoms with van der Waals surface area (Å²) in [5.41, 5.74) is 3.53. The Morgan fingerprint density at radius 1 is 0.905 bits per heavy atom. The van der Waals surface area contributed by atoms with Crippen molar-refractivity contribution in [1.82, 2.24) is 4.98 Å². The van der Waals surface area contributed by atoms with Gasteiger partial charge in [0.15, 0.2) is 0 Å². The molecule has 0 unspecified atom stereocenters. The number of halogens is 2. The average molecular weight is 323 g/mol. The predicted molar refractivity (Wildman–Crippen MR) is 92.4 cm³/mol. The summed E-state index contributed by atoms with van der Waals surface area (Å²) in [6, 6.07) is 17.1. The van der Waals surface area contributed by atoms with Crippen molar-refractivity contribution in [3.8, 4) is 5.75 Å². The molecule has 0 aliphatic heterocycles. The lowest BCUT2D eigenvalue weighted by Crippen LogP contribution is -1.94. The summed E-state index contributed by atoms with van der Waals surface area (Å²) in [5, 5.41) is 14.1. The van der Waals surface area contributed by atoms with Crippen LogP contribution >= 0.6 is 24.8 Å². The van der Waals surface area contributed by atoms with Crippen LogP contribution in [0.25, 0.3) is 10.9 Å². The number of pyridine rings is 1. The highest BCUT2D eigenvalue weighted by Crippen LogP contribution is 2.30. The average Bonchev–Trinajstić information content (AvgIpc) is 2.41. The topological polar surface area (TPSA) is 45.1 Å². The van der Waals surface area contributed by atoms with Crippen molar-refractivity contribution >= 4 is 47.1 Å². The molecule has 21 heavy (non-hydrogen) atoms. The van der Waals surface area contributed by atoms with Crippen LogP contribution in [0, 0.1) is 6.92 Å².